The van der Waals surface area contributed by atoms with Gasteiger partial charge in [0.25, 0.3) is 5.56 Å². The largest absolute Gasteiger partial charge is 0.488 e. The number of benzene rings is 2. The zero-order chi connectivity index (χ0) is 19.4. The maximum atomic E-state index is 12.2. The number of ether oxygens (including phenoxy) is 1. The fourth-order valence-electron chi connectivity index (χ4n) is 2.40. The zero-order valence-corrected chi connectivity index (χ0v) is 17.3. The molecule has 0 radical (unpaired) electrons. The summed E-state index contributed by atoms with van der Waals surface area (Å²) in [7, 11) is 0. The fraction of sp³-hybridized carbons (Fsp3) is 0.105. The molecule has 0 bridgehead atoms. The van der Waals surface area contributed by atoms with Crippen LogP contribution in [0.4, 0.5) is 0 Å². The Balaban J connectivity index is 2.05. The molecule has 0 fully saturated rings. The van der Waals surface area contributed by atoms with Gasteiger partial charge >= 0.3 is 0 Å². The van der Waals surface area contributed by atoms with Crippen LogP contribution >= 0.6 is 39.3 Å². The van der Waals surface area contributed by atoms with E-state index in [9.17, 15) is 10.1 Å². The molecule has 0 spiro atoms. The van der Waals surface area contributed by atoms with E-state index in [4.69, 9.17) is 16.3 Å². The molecule has 0 saturated heterocycles. The van der Waals surface area contributed by atoms with Gasteiger partial charge in [-0.25, -0.2) is 4.98 Å². The van der Waals surface area contributed by atoms with Gasteiger partial charge in [0.2, 0.25) is 0 Å². The van der Waals surface area contributed by atoms with Crippen molar-refractivity contribution in [3.8, 4) is 23.1 Å². The first-order valence-corrected chi connectivity index (χ1v) is 10.2. The third-order valence-corrected chi connectivity index (χ3v) is 5.05. The second kappa shape index (κ2) is 8.61. The molecular formula is C19H13BrClN3O2S. The Bertz CT molecular complexity index is 1080. The Morgan fingerprint density at radius 2 is 2.04 bits per heavy atom. The highest BCUT2D eigenvalue weighted by atomic mass is 79.9. The van der Waals surface area contributed by atoms with Crippen LogP contribution in [0, 0.1) is 11.3 Å². The number of hydrogen-bond donors (Lipinski definition) is 1. The van der Waals surface area contributed by atoms with E-state index in [2.05, 4.69) is 25.9 Å². The molecule has 0 aliphatic carbocycles. The number of nitrogens with one attached hydrogen (secondary N) is 1. The van der Waals surface area contributed by atoms with Crippen LogP contribution in [0.15, 0.2) is 56.9 Å². The van der Waals surface area contributed by atoms with Crippen molar-refractivity contribution in [2.75, 3.05) is 6.26 Å². The van der Waals surface area contributed by atoms with Crippen LogP contribution in [-0.4, -0.2) is 16.2 Å². The number of rotatable bonds is 5. The van der Waals surface area contributed by atoms with E-state index in [1.165, 1.54) is 11.8 Å². The monoisotopic (exact) mass is 461 g/mol. The summed E-state index contributed by atoms with van der Waals surface area (Å²) < 4.78 is 6.92. The summed E-state index contributed by atoms with van der Waals surface area (Å²) in [5.74, 6) is 0.490. The van der Waals surface area contributed by atoms with E-state index in [1.807, 2.05) is 30.3 Å². The SMILES string of the molecule is CSc1nc(-c2cc(Cl)ccc2OCc2ccc(Br)cc2)c(C#N)c(=O)[nH]1. The highest BCUT2D eigenvalue weighted by Gasteiger charge is 2.18. The van der Waals surface area contributed by atoms with Crippen LogP contribution < -0.4 is 10.3 Å². The van der Waals surface area contributed by atoms with Gasteiger partial charge < -0.3 is 9.72 Å². The lowest BCUT2D eigenvalue weighted by Gasteiger charge is -2.13. The van der Waals surface area contributed by atoms with Crippen molar-refractivity contribution >= 4 is 39.3 Å². The molecule has 2 aromatic carbocycles. The van der Waals surface area contributed by atoms with E-state index < -0.39 is 5.56 Å². The molecule has 0 unspecified atom stereocenters. The van der Waals surface area contributed by atoms with E-state index >= 15 is 0 Å². The molecule has 1 heterocycles. The van der Waals surface area contributed by atoms with Crippen molar-refractivity contribution in [3.05, 3.63) is 73.4 Å². The van der Waals surface area contributed by atoms with Gasteiger partial charge in [-0.05, 0) is 42.2 Å². The number of aromatic amines is 1. The topological polar surface area (TPSA) is 78.8 Å². The van der Waals surface area contributed by atoms with Crippen molar-refractivity contribution in [3.63, 3.8) is 0 Å². The number of aromatic nitrogens is 2. The molecule has 1 N–H and O–H groups in total. The van der Waals surface area contributed by atoms with E-state index in [0.717, 1.165) is 10.0 Å². The Kier molecular flexibility index (Phi) is 6.22. The first-order valence-electron chi connectivity index (χ1n) is 7.77. The van der Waals surface area contributed by atoms with Crippen LogP contribution in [0.1, 0.15) is 11.1 Å². The summed E-state index contributed by atoms with van der Waals surface area (Å²) in [6.07, 6.45) is 1.79. The summed E-state index contributed by atoms with van der Waals surface area (Å²) in [6, 6.07) is 14.7. The summed E-state index contributed by atoms with van der Waals surface area (Å²) in [5, 5.41) is 10.3. The van der Waals surface area contributed by atoms with Gasteiger partial charge in [-0.2, -0.15) is 5.26 Å². The molecule has 0 saturated carbocycles. The van der Waals surface area contributed by atoms with Crippen molar-refractivity contribution in [1.29, 1.82) is 5.26 Å². The average Bonchev–Trinajstić information content (AvgIpc) is 2.67. The van der Waals surface area contributed by atoms with Crippen LogP contribution in [0.2, 0.25) is 5.02 Å². The predicted molar refractivity (Wildman–Crippen MR) is 110 cm³/mol. The molecule has 1 aromatic heterocycles. The van der Waals surface area contributed by atoms with Gasteiger partial charge in [0, 0.05) is 15.1 Å². The highest BCUT2D eigenvalue weighted by Crippen LogP contribution is 2.33. The minimum Gasteiger partial charge on any atom is -0.488 e. The Morgan fingerprint density at radius 1 is 1.30 bits per heavy atom. The van der Waals surface area contributed by atoms with E-state index in [0.29, 0.717) is 28.1 Å². The third-order valence-electron chi connectivity index (χ3n) is 3.71. The summed E-state index contributed by atoms with van der Waals surface area (Å²) in [5.41, 5.74) is 1.15. The van der Waals surface area contributed by atoms with Crippen molar-refractivity contribution < 1.29 is 4.74 Å². The molecule has 8 heteroatoms. The second-order valence-electron chi connectivity index (χ2n) is 5.47. The third kappa shape index (κ3) is 4.53. The molecule has 0 aliphatic heterocycles. The number of nitrogens with zero attached hydrogens (tertiary/aromatic N) is 2. The first-order chi connectivity index (χ1) is 13.0. The lowest BCUT2D eigenvalue weighted by atomic mass is 10.1. The molecule has 136 valence electrons. The predicted octanol–water partition coefficient (Wildman–Crippen LogP) is 5.03. The van der Waals surface area contributed by atoms with E-state index in [1.54, 1.807) is 24.5 Å². The number of hydrogen-bond acceptors (Lipinski definition) is 5. The van der Waals surface area contributed by atoms with Crippen molar-refractivity contribution in [2.45, 2.75) is 11.8 Å². The Morgan fingerprint density at radius 3 is 2.70 bits per heavy atom. The minimum atomic E-state index is -0.495. The maximum Gasteiger partial charge on any atom is 0.270 e. The molecule has 0 atom stereocenters. The summed E-state index contributed by atoms with van der Waals surface area (Å²) in [4.78, 5) is 19.2. The zero-order valence-electron chi connectivity index (χ0n) is 14.1. The minimum absolute atomic E-state index is 0.0800. The van der Waals surface area contributed by atoms with Crippen LogP contribution in [0.3, 0.4) is 0 Å². The quantitative estimate of drug-likeness (QED) is 0.425. The molecule has 27 heavy (non-hydrogen) atoms. The Labute approximate surface area is 173 Å². The standard InChI is InChI=1S/C19H13BrClN3O2S/c1-27-19-23-17(15(9-22)18(25)24-19)14-8-13(21)6-7-16(14)26-10-11-2-4-12(20)5-3-11/h2-8H,10H2,1H3,(H,23,24,25). The number of H-pyrrole nitrogens is 1. The maximum absolute atomic E-state index is 12.2. The van der Waals surface area contributed by atoms with Crippen molar-refractivity contribution in [1.82, 2.24) is 9.97 Å². The highest BCUT2D eigenvalue weighted by molar-refractivity contribution is 9.10. The van der Waals surface area contributed by atoms with Gasteiger partial charge in [-0.1, -0.05) is 51.4 Å². The average molecular weight is 463 g/mol. The lowest BCUT2D eigenvalue weighted by molar-refractivity contribution is 0.307. The second-order valence-corrected chi connectivity index (χ2v) is 7.61. The molecule has 3 rings (SSSR count). The van der Waals surface area contributed by atoms with Gasteiger partial charge in [0.15, 0.2) is 5.16 Å². The lowest BCUT2D eigenvalue weighted by Crippen LogP contribution is -2.15. The first kappa shape index (κ1) is 19.5. The smallest absolute Gasteiger partial charge is 0.270 e. The Hall–Kier alpha value is -2.27. The van der Waals surface area contributed by atoms with Gasteiger partial charge in [0.05, 0.1) is 0 Å². The van der Waals surface area contributed by atoms with Gasteiger partial charge in [-0.15, -0.1) is 0 Å². The molecule has 0 aliphatic rings. The fourth-order valence-corrected chi connectivity index (χ4v) is 3.22. The number of nitriles is 1. The van der Waals surface area contributed by atoms with Crippen LogP contribution in [0.5, 0.6) is 5.75 Å². The van der Waals surface area contributed by atoms with Gasteiger partial charge in [0.1, 0.15) is 29.7 Å². The van der Waals surface area contributed by atoms with Crippen LogP contribution in [-0.2, 0) is 6.61 Å². The normalized spacial score (nSPS) is 10.4. The summed E-state index contributed by atoms with van der Waals surface area (Å²) in [6.45, 7) is 0.322. The van der Waals surface area contributed by atoms with Crippen molar-refractivity contribution in [2.24, 2.45) is 0 Å². The number of thioether (sulfide) groups is 1. The van der Waals surface area contributed by atoms with Gasteiger partial charge in [-0.3, -0.25) is 4.79 Å². The molecule has 3 aromatic rings. The molecule has 5 nitrogen and oxygen atoms in total. The van der Waals surface area contributed by atoms with E-state index in [-0.39, 0.29) is 11.3 Å². The molecule has 0 amide bonds. The molecular weight excluding hydrogens is 450 g/mol. The van der Waals surface area contributed by atoms with Crippen LogP contribution in [0.25, 0.3) is 11.3 Å². The summed E-state index contributed by atoms with van der Waals surface area (Å²) >= 11 is 10.8. The number of halogens is 2.